The highest BCUT2D eigenvalue weighted by atomic mass is 32.2. The average molecular weight is 273 g/mol. The molecule has 5 nitrogen and oxygen atoms in total. The van der Waals surface area contributed by atoms with Gasteiger partial charge in [0, 0.05) is 25.0 Å². The second-order valence-electron chi connectivity index (χ2n) is 5.13. The van der Waals surface area contributed by atoms with E-state index in [1.165, 1.54) is 6.26 Å². The molecule has 1 unspecified atom stereocenters. The SMILES string of the molecule is CCn1cc(CC(NC)C(C)(C)S(C)(=O)=O)cn1. The maximum Gasteiger partial charge on any atom is 0.154 e. The molecule has 18 heavy (non-hydrogen) atoms. The van der Waals surface area contributed by atoms with E-state index in [1.807, 2.05) is 17.8 Å². The van der Waals surface area contributed by atoms with Crippen molar-refractivity contribution in [3.63, 3.8) is 0 Å². The molecule has 0 amide bonds. The summed E-state index contributed by atoms with van der Waals surface area (Å²) < 4.78 is 24.7. The second-order valence-corrected chi connectivity index (χ2v) is 7.72. The van der Waals surface area contributed by atoms with Gasteiger partial charge in [0.15, 0.2) is 9.84 Å². The van der Waals surface area contributed by atoms with Gasteiger partial charge in [0.2, 0.25) is 0 Å². The first-order valence-electron chi connectivity index (χ1n) is 6.10. The zero-order valence-corrected chi connectivity index (χ0v) is 12.6. The van der Waals surface area contributed by atoms with E-state index < -0.39 is 14.6 Å². The molecule has 1 rings (SSSR count). The second kappa shape index (κ2) is 5.40. The number of nitrogens with one attached hydrogen (secondary N) is 1. The molecular formula is C12H23N3O2S. The zero-order valence-electron chi connectivity index (χ0n) is 11.8. The predicted octanol–water partition coefficient (Wildman–Crippen LogP) is 0.857. The fourth-order valence-electron chi connectivity index (χ4n) is 1.87. The maximum atomic E-state index is 11.8. The fraction of sp³-hybridized carbons (Fsp3) is 0.750. The van der Waals surface area contributed by atoms with Crippen LogP contribution >= 0.6 is 0 Å². The number of aromatic nitrogens is 2. The van der Waals surface area contributed by atoms with Gasteiger partial charge in [0.25, 0.3) is 0 Å². The Kier molecular flexibility index (Phi) is 4.55. The van der Waals surface area contributed by atoms with Gasteiger partial charge in [-0.3, -0.25) is 4.68 Å². The van der Waals surface area contributed by atoms with Crippen LogP contribution in [0.2, 0.25) is 0 Å². The molecule has 0 bridgehead atoms. The molecule has 104 valence electrons. The van der Waals surface area contributed by atoms with Crippen LogP contribution in [0.3, 0.4) is 0 Å². The molecule has 1 atom stereocenters. The van der Waals surface area contributed by atoms with E-state index in [-0.39, 0.29) is 6.04 Å². The lowest BCUT2D eigenvalue weighted by Crippen LogP contribution is -2.51. The minimum absolute atomic E-state index is 0.137. The van der Waals surface area contributed by atoms with E-state index in [2.05, 4.69) is 10.4 Å². The molecule has 1 N–H and O–H groups in total. The first-order valence-corrected chi connectivity index (χ1v) is 7.99. The summed E-state index contributed by atoms with van der Waals surface area (Å²) in [5.41, 5.74) is 1.05. The fourth-order valence-corrected chi connectivity index (χ4v) is 2.59. The summed E-state index contributed by atoms with van der Waals surface area (Å²) in [4.78, 5) is 0. The largest absolute Gasteiger partial charge is 0.315 e. The first kappa shape index (κ1) is 15.2. The molecule has 6 heteroatoms. The van der Waals surface area contributed by atoms with E-state index in [1.54, 1.807) is 27.1 Å². The van der Waals surface area contributed by atoms with Crippen LogP contribution < -0.4 is 5.32 Å². The highest BCUT2D eigenvalue weighted by Gasteiger charge is 2.38. The van der Waals surface area contributed by atoms with Crippen LogP contribution in [0.4, 0.5) is 0 Å². The molecule has 0 aliphatic carbocycles. The van der Waals surface area contributed by atoms with Crippen molar-refractivity contribution in [2.45, 2.75) is 44.5 Å². The van der Waals surface area contributed by atoms with Gasteiger partial charge in [0.05, 0.1) is 10.9 Å². The minimum atomic E-state index is -3.12. The van der Waals surface area contributed by atoms with Gasteiger partial charge in [-0.2, -0.15) is 5.10 Å². The van der Waals surface area contributed by atoms with Crippen molar-refractivity contribution in [2.24, 2.45) is 0 Å². The Hall–Kier alpha value is -0.880. The molecule has 1 aromatic rings. The predicted molar refractivity (Wildman–Crippen MR) is 73.4 cm³/mol. The maximum absolute atomic E-state index is 11.8. The van der Waals surface area contributed by atoms with Crippen molar-refractivity contribution in [3.05, 3.63) is 18.0 Å². The third-order valence-electron chi connectivity index (χ3n) is 3.59. The Morgan fingerprint density at radius 3 is 2.50 bits per heavy atom. The van der Waals surface area contributed by atoms with Crippen LogP contribution in [-0.4, -0.2) is 42.3 Å². The Balaban J connectivity index is 2.92. The number of likely N-dealkylation sites (N-methyl/N-ethyl adjacent to an activating group) is 1. The first-order chi connectivity index (χ1) is 8.22. The third kappa shape index (κ3) is 3.11. The number of aryl methyl sites for hydroxylation is 1. The number of hydrogen-bond acceptors (Lipinski definition) is 4. The van der Waals surface area contributed by atoms with Crippen molar-refractivity contribution < 1.29 is 8.42 Å². The van der Waals surface area contributed by atoms with Gasteiger partial charge in [-0.05, 0) is 39.8 Å². The zero-order chi connectivity index (χ0) is 14.0. The molecule has 1 aromatic heterocycles. The molecule has 0 aliphatic heterocycles. The van der Waals surface area contributed by atoms with Crippen molar-refractivity contribution in [3.8, 4) is 0 Å². The van der Waals surface area contributed by atoms with Crippen molar-refractivity contribution >= 4 is 9.84 Å². The summed E-state index contributed by atoms with van der Waals surface area (Å²) in [7, 11) is -1.33. The lowest BCUT2D eigenvalue weighted by atomic mass is 9.97. The average Bonchev–Trinajstić information content (AvgIpc) is 2.71. The van der Waals surface area contributed by atoms with Crippen LogP contribution in [0.1, 0.15) is 26.3 Å². The van der Waals surface area contributed by atoms with Gasteiger partial charge < -0.3 is 5.32 Å². The third-order valence-corrected chi connectivity index (χ3v) is 5.79. The highest BCUT2D eigenvalue weighted by molar-refractivity contribution is 7.92. The van der Waals surface area contributed by atoms with Gasteiger partial charge in [-0.25, -0.2) is 8.42 Å². The quantitative estimate of drug-likeness (QED) is 0.835. The normalized spacial score (nSPS) is 14.7. The van der Waals surface area contributed by atoms with Gasteiger partial charge in [-0.15, -0.1) is 0 Å². The Morgan fingerprint density at radius 1 is 1.50 bits per heavy atom. The number of rotatable bonds is 6. The molecule has 0 aliphatic rings. The van der Waals surface area contributed by atoms with Gasteiger partial charge in [0.1, 0.15) is 0 Å². The molecular weight excluding hydrogens is 250 g/mol. The molecule has 0 aromatic carbocycles. The smallest absolute Gasteiger partial charge is 0.154 e. The molecule has 0 fully saturated rings. The molecule has 0 radical (unpaired) electrons. The standard InChI is InChI=1S/C12H23N3O2S/c1-6-15-9-10(8-14-15)7-11(13-4)12(2,3)18(5,16)17/h8-9,11,13H,6-7H2,1-5H3. The van der Waals surface area contributed by atoms with Crippen LogP contribution in [-0.2, 0) is 22.8 Å². The van der Waals surface area contributed by atoms with Crippen LogP contribution in [0.25, 0.3) is 0 Å². The summed E-state index contributed by atoms with van der Waals surface area (Å²) in [6.07, 6.45) is 5.69. The Morgan fingerprint density at radius 2 is 2.11 bits per heavy atom. The molecule has 0 saturated carbocycles. The van der Waals surface area contributed by atoms with E-state index >= 15 is 0 Å². The van der Waals surface area contributed by atoms with Gasteiger partial charge in [-0.1, -0.05) is 0 Å². The lowest BCUT2D eigenvalue weighted by molar-refractivity contribution is 0.430. The number of hydrogen-bond donors (Lipinski definition) is 1. The Labute approximate surface area is 109 Å². The topological polar surface area (TPSA) is 64.0 Å². The van der Waals surface area contributed by atoms with E-state index in [9.17, 15) is 8.42 Å². The van der Waals surface area contributed by atoms with E-state index in [0.717, 1.165) is 12.1 Å². The lowest BCUT2D eigenvalue weighted by Gasteiger charge is -2.32. The number of sulfone groups is 1. The Bertz CT molecular complexity index is 491. The monoisotopic (exact) mass is 273 g/mol. The molecule has 0 saturated heterocycles. The molecule has 1 heterocycles. The van der Waals surface area contributed by atoms with Crippen molar-refractivity contribution in [2.75, 3.05) is 13.3 Å². The van der Waals surface area contributed by atoms with Crippen molar-refractivity contribution in [1.82, 2.24) is 15.1 Å². The van der Waals surface area contributed by atoms with Crippen LogP contribution in [0.15, 0.2) is 12.4 Å². The summed E-state index contributed by atoms with van der Waals surface area (Å²) in [5.74, 6) is 0. The summed E-state index contributed by atoms with van der Waals surface area (Å²) >= 11 is 0. The van der Waals surface area contributed by atoms with Gasteiger partial charge >= 0.3 is 0 Å². The van der Waals surface area contributed by atoms with Crippen LogP contribution in [0.5, 0.6) is 0 Å². The highest BCUT2D eigenvalue weighted by Crippen LogP contribution is 2.22. The van der Waals surface area contributed by atoms with E-state index in [0.29, 0.717) is 6.42 Å². The summed E-state index contributed by atoms with van der Waals surface area (Å²) in [6.45, 7) is 6.36. The number of nitrogens with zero attached hydrogens (tertiary/aromatic N) is 2. The molecule has 0 spiro atoms. The van der Waals surface area contributed by atoms with Crippen LogP contribution in [0, 0.1) is 0 Å². The van der Waals surface area contributed by atoms with E-state index in [4.69, 9.17) is 0 Å². The summed E-state index contributed by atoms with van der Waals surface area (Å²) in [5, 5.41) is 7.31. The minimum Gasteiger partial charge on any atom is -0.315 e. The van der Waals surface area contributed by atoms with Crippen molar-refractivity contribution in [1.29, 1.82) is 0 Å². The summed E-state index contributed by atoms with van der Waals surface area (Å²) in [6, 6.07) is -0.137.